The summed E-state index contributed by atoms with van der Waals surface area (Å²) in [6.07, 6.45) is 0.368. The molecule has 2 heterocycles. The molecule has 1 fully saturated rings. The number of rotatable bonds is 3. The number of carbonyl (C=O) groups is 2. The molecule has 1 saturated heterocycles. The smallest absolute Gasteiger partial charge is 0.317 e. The van der Waals surface area contributed by atoms with Crippen LogP contribution in [-0.4, -0.2) is 51.9 Å². The van der Waals surface area contributed by atoms with Crippen molar-refractivity contribution in [2.24, 2.45) is 0 Å². The van der Waals surface area contributed by atoms with E-state index < -0.39 is 0 Å². The lowest BCUT2D eigenvalue weighted by atomic mass is 10.1. The minimum Gasteiger partial charge on any atom is -0.336 e. The van der Waals surface area contributed by atoms with E-state index in [2.05, 4.69) is 10.3 Å². The van der Waals surface area contributed by atoms with Gasteiger partial charge in [0.2, 0.25) is 5.91 Å². The Hall–Kier alpha value is -1.63. The van der Waals surface area contributed by atoms with E-state index in [4.69, 9.17) is 0 Å². The van der Waals surface area contributed by atoms with Crippen molar-refractivity contribution in [1.29, 1.82) is 0 Å². The van der Waals surface area contributed by atoms with Gasteiger partial charge < -0.3 is 15.1 Å². The summed E-state index contributed by atoms with van der Waals surface area (Å²) in [7, 11) is 1.74. The molecule has 1 aromatic rings. The maximum Gasteiger partial charge on any atom is 0.317 e. The van der Waals surface area contributed by atoms with E-state index in [0.29, 0.717) is 19.5 Å². The molecule has 0 bridgehead atoms. The Morgan fingerprint density at radius 3 is 2.73 bits per heavy atom. The third-order valence-corrected chi connectivity index (χ3v) is 4.50. The van der Waals surface area contributed by atoms with Crippen molar-refractivity contribution in [1.82, 2.24) is 20.1 Å². The van der Waals surface area contributed by atoms with Crippen molar-refractivity contribution >= 4 is 23.3 Å². The molecular formula is C15H24N4O2S. The lowest BCUT2D eigenvalue weighted by Gasteiger charge is -2.32. The predicted octanol–water partition coefficient (Wildman–Crippen LogP) is 1.99. The molecule has 2 rings (SSSR count). The molecule has 22 heavy (non-hydrogen) atoms. The van der Waals surface area contributed by atoms with E-state index in [9.17, 15) is 9.59 Å². The van der Waals surface area contributed by atoms with E-state index in [1.54, 1.807) is 23.3 Å². The van der Waals surface area contributed by atoms with Gasteiger partial charge in [-0.05, 0) is 27.7 Å². The normalized spacial score (nSPS) is 18.7. The number of hydrogen-bond donors (Lipinski definition) is 1. The Balaban J connectivity index is 1.88. The largest absolute Gasteiger partial charge is 0.336 e. The molecule has 1 atom stereocenters. The second-order valence-electron chi connectivity index (χ2n) is 6.74. The van der Waals surface area contributed by atoms with Crippen molar-refractivity contribution < 1.29 is 9.59 Å². The van der Waals surface area contributed by atoms with E-state index >= 15 is 0 Å². The molecule has 0 radical (unpaired) electrons. The molecule has 122 valence electrons. The average molecular weight is 324 g/mol. The topological polar surface area (TPSA) is 65.5 Å². The van der Waals surface area contributed by atoms with E-state index in [0.717, 1.165) is 10.7 Å². The average Bonchev–Trinajstić information content (AvgIpc) is 2.95. The molecule has 6 nitrogen and oxygen atoms in total. The highest BCUT2D eigenvalue weighted by Gasteiger charge is 2.37. The quantitative estimate of drug-likeness (QED) is 0.925. The highest BCUT2D eigenvalue weighted by Crippen LogP contribution is 2.22. The molecule has 1 N–H and O–H groups in total. The second kappa shape index (κ2) is 6.24. The summed E-state index contributed by atoms with van der Waals surface area (Å²) in [6.45, 7) is 9.00. The van der Waals surface area contributed by atoms with Crippen molar-refractivity contribution in [2.45, 2.75) is 52.2 Å². The van der Waals surface area contributed by atoms with Crippen LogP contribution in [0.2, 0.25) is 0 Å². The van der Waals surface area contributed by atoms with Crippen LogP contribution in [0.15, 0.2) is 5.38 Å². The molecule has 1 aromatic heterocycles. The molecule has 0 aliphatic carbocycles. The van der Waals surface area contributed by atoms with Gasteiger partial charge in [-0.25, -0.2) is 9.78 Å². The molecule has 3 amide bonds. The molecule has 7 heteroatoms. The van der Waals surface area contributed by atoms with E-state index in [1.807, 2.05) is 38.0 Å². The van der Waals surface area contributed by atoms with Crippen LogP contribution in [0.4, 0.5) is 4.79 Å². The van der Waals surface area contributed by atoms with Crippen LogP contribution in [0.25, 0.3) is 0 Å². The van der Waals surface area contributed by atoms with Gasteiger partial charge in [0.1, 0.15) is 0 Å². The second-order valence-corrected chi connectivity index (χ2v) is 7.80. The van der Waals surface area contributed by atoms with Gasteiger partial charge in [-0.2, -0.15) is 0 Å². The van der Waals surface area contributed by atoms with Gasteiger partial charge in [-0.1, -0.05) is 0 Å². The SMILES string of the molecule is Cc1nc(CN(C)C(=O)N[C@H]2CC(=O)N(C(C)(C)C)C2)cs1. The van der Waals surface area contributed by atoms with Crippen LogP contribution < -0.4 is 5.32 Å². The third kappa shape index (κ3) is 3.97. The van der Waals surface area contributed by atoms with Crippen LogP contribution in [0.3, 0.4) is 0 Å². The van der Waals surface area contributed by atoms with E-state index in [1.165, 1.54) is 0 Å². The van der Waals surface area contributed by atoms with Gasteiger partial charge in [0.25, 0.3) is 0 Å². The molecule has 0 unspecified atom stereocenters. The zero-order chi connectivity index (χ0) is 16.5. The fourth-order valence-corrected chi connectivity index (χ4v) is 3.14. The Bertz CT molecular complexity index is 564. The number of nitrogens with zero attached hydrogens (tertiary/aromatic N) is 3. The standard InChI is InChI=1S/C15H24N4O2S/c1-10-16-12(9-22-10)7-18(5)14(21)17-11-6-13(20)19(8-11)15(2,3)4/h9,11H,6-8H2,1-5H3,(H,17,21)/t11-/m0/s1. The fraction of sp³-hybridized carbons (Fsp3) is 0.667. The van der Waals surface area contributed by atoms with Gasteiger partial charge in [0.15, 0.2) is 0 Å². The molecule has 1 aliphatic rings. The van der Waals surface area contributed by atoms with Gasteiger partial charge in [-0.15, -0.1) is 11.3 Å². The summed E-state index contributed by atoms with van der Waals surface area (Å²) in [4.78, 5) is 32.0. The summed E-state index contributed by atoms with van der Waals surface area (Å²) in [5.41, 5.74) is 0.680. The summed E-state index contributed by atoms with van der Waals surface area (Å²) >= 11 is 1.57. The van der Waals surface area contributed by atoms with Crippen LogP contribution >= 0.6 is 11.3 Å². The maximum absolute atomic E-state index is 12.2. The van der Waals surface area contributed by atoms with Crippen molar-refractivity contribution in [2.75, 3.05) is 13.6 Å². The van der Waals surface area contributed by atoms with Crippen molar-refractivity contribution in [3.05, 3.63) is 16.1 Å². The number of nitrogens with one attached hydrogen (secondary N) is 1. The number of aryl methyl sites for hydroxylation is 1. The Labute approximate surface area is 135 Å². The Morgan fingerprint density at radius 1 is 1.55 bits per heavy atom. The molecule has 0 spiro atoms. The number of likely N-dealkylation sites (tertiary alicyclic amines) is 1. The van der Waals surface area contributed by atoms with Gasteiger partial charge in [0.05, 0.1) is 23.3 Å². The number of aromatic nitrogens is 1. The van der Waals surface area contributed by atoms with Crippen LogP contribution in [0, 0.1) is 6.92 Å². The summed E-state index contributed by atoms with van der Waals surface area (Å²) in [6, 6.07) is -0.293. The summed E-state index contributed by atoms with van der Waals surface area (Å²) < 4.78 is 0. The van der Waals surface area contributed by atoms with Crippen LogP contribution in [0.5, 0.6) is 0 Å². The Morgan fingerprint density at radius 2 is 2.23 bits per heavy atom. The minimum absolute atomic E-state index is 0.0931. The first-order chi connectivity index (χ1) is 10.2. The van der Waals surface area contributed by atoms with Crippen LogP contribution in [0.1, 0.15) is 37.9 Å². The maximum atomic E-state index is 12.2. The lowest BCUT2D eigenvalue weighted by Crippen LogP contribution is -2.46. The number of carbonyl (C=O) groups excluding carboxylic acids is 2. The third-order valence-electron chi connectivity index (χ3n) is 3.67. The first kappa shape index (κ1) is 16.7. The first-order valence-corrected chi connectivity index (χ1v) is 8.28. The number of amides is 3. The van der Waals surface area contributed by atoms with Crippen molar-refractivity contribution in [3.63, 3.8) is 0 Å². The minimum atomic E-state index is -0.208. The number of hydrogen-bond acceptors (Lipinski definition) is 4. The highest BCUT2D eigenvalue weighted by molar-refractivity contribution is 7.09. The Kier molecular flexibility index (Phi) is 4.75. The predicted molar refractivity (Wildman–Crippen MR) is 86.7 cm³/mol. The van der Waals surface area contributed by atoms with Crippen molar-refractivity contribution in [3.8, 4) is 0 Å². The summed E-state index contributed by atoms with van der Waals surface area (Å²) in [5.74, 6) is 0.0931. The highest BCUT2D eigenvalue weighted by atomic mass is 32.1. The number of urea groups is 1. The van der Waals surface area contributed by atoms with Crippen LogP contribution in [-0.2, 0) is 11.3 Å². The molecule has 1 aliphatic heterocycles. The zero-order valence-electron chi connectivity index (χ0n) is 13.8. The molecular weight excluding hydrogens is 300 g/mol. The van der Waals surface area contributed by atoms with Gasteiger partial charge in [0, 0.05) is 30.9 Å². The first-order valence-electron chi connectivity index (χ1n) is 7.40. The summed E-state index contributed by atoms with van der Waals surface area (Å²) in [5, 5.41) is 5.89. The fourth-order valence-electron chi connectivity index (χ4n) is 2.53. The zero-order valence-corrected chi connectivity index (χ0v) is 14.7. The van der Waals surface area contributed by atoms with Gasteiger partial charge in [-0.3, -0.25) is 4.79 Å². The number of thiazole rings is 1. The molecule has 0 saturated carbocycles. The van der Waals surface area contributed by atoms with E-state index in [-0.39, 0.29) is 23.5 Å². The lowest BCUT2D eigenvalue weighted by molar-refractivity contribution is -0.131. The monoisotopic (exact) mass is 324 g/mol. The molecule has 0 aromatic carbocycles. The van der Waals surface area contributed by atoms with Gasteiger partial charge >= 0.3 is 6.03 Å².